The predicted octanol–water partition coefficient (Wildman–Crippen LogP) is 3.90. The number of carbonyl (C=O) groups is 1. The topological polar surface area (TPSA) is 43.1 Å². The first-order chi connectivity index (χ1) is 9.03. The smallest absolute Gasteiger partial charge is 0.164 e. The van der Waals surface area contributed by atoms with Crippen molar-refractivity contribution >= 4 is 5.78 Å². The van der Waals surface area contributed by atoms with Gasteiger partial charge in [-0.2, -0.15) is 0 Å². The van der Waals surface area contributed by atoms with Gasteiger partial charge < -0.3 is 5.73 Å². The Morgan fingerprint density at radius 1 is 1.26 bits per heavy atom. The van der Waals surface area contributed by atoms with Crippen LogP contribution in [0.5, 0.6) is 0 Å². The minimum absolute atomic E-state index is 0.197. The van der Waals surface area contributed by atoms with E-state index in [-0.39, 0.29) is 5.78 Å². The van der Waals surface area contributed by atoms with Crippen LogP contribution in [0.25, 0.3) is 0 Å². The fourth-order valence-electron chi connectivity index (χ4n) is 3.08. The van der Waals surface area contributed by atoms with Gasteiger partial charge in [0.05, 0.1) is 0 Å². The fourth-order valence-corrected chi connectivity index (χ4v) is 3.08. The average Bonchev–Trinajstić information content (AvgIpc) is 2.39. The summed E-state index contributed by atoms with van der Waals surface area (Å²) in [6.07, 6.45) is 5.34. The van der Waals surface area contributed by atoms with Gasteiger partial charge in [-0.05, 0) is 49.1 Å². The Labute approximate surface area is 116 Å². The zero-order chi connectivity index (χ0) is 13.9. The third kappa shape index (κ3) is 3.44. The molecule has 0 heterocycles. The zero-order valence-electron chi connectivity index (χ0n) is 12.1. The highest BCUT2D eigenvalue weighted by Gasteiger charge is 2.29. The molecule has 0 amide bonds. The standard InChI is InChI=1S/C17H25NO/c1-17(2)10-7-13(8-11-17)14-5-3-4-6-15(14)16(19)9-12-18/h3-6,13H,7-12,18H2,1-2H3. The van der Waals surface area contributed by atoms with E-state index in [2.05, 4.69) is 19.9 Å². The quantitative estimate of drug-likeness (QED) is 0.833. The molecule has 2 N–H and O–H groups in total. The van der Waals surface area contributed by atoms with Gasteiger partial charge in [0.15, 0.2) is 5.78 Å². The number of carbonyl (C=O) groups excluding carboxylic acids is 1. The molecule has 1 aliphatic rings. The van der Waals surface area contributed by atoms with E-state index in [4.69, 9.17) is 5.73 Å². The lowest BCUT2D eigenvalue weighted by atomic mass is 9.70. The van der Waals surface area contributed by atoms with Gasteiger partial charge in [-0.15, -0.1) is 0 Å². The van der Waals surface area contributed by atoms with E-state index < -0.39 is 0 Å². The van der Waals surface area contributed by atoms with Crippen molar-refractivity contribution in [3.05, 3.63) is 35.4 Å². The first kappa shape index (κ1) is 14.3. The maximum Gasteiger partial charge on any atom is 0.164 e. The van der Waals surface area contributed by atoms with Crippen molar-refractivity contribution in [1.82, 2.24) is 0 Å². The van der Waals surface area contributed by atoms with Crippen molar-refractivity contribution in [1.29, 1.82) is 0 Å². The molecule has 1 aromatic carbocycles. The van der Waals surface area contributed by atoms with Crippen LogP contribution in [0.2, 0.25) is 0 Å². The maximum absolute atomic E-state index is 12.2. The predicted molar refractivity (Wildman–Crippen MR) is 79.4 cm³/mol. The molecule has 2 nitrogen and oxygen atoms in total. The summed E-state index contributed by atoms with van der Waals surface area (Å²) in [6, 6.07) is 8.11. The van der Waals surface area contributed by atoms with E-state index in [0.29, 0.717) is 24.3 Å². The van der Waals surface area contributed by atoms with Crippen LogP contribution in [0.1, 0.15) is 67.8 Å². The largest absolute Gasteiger partial charge is 0.330 e. The van der Waals surface area contributed by atoms with Gasteiger partial charge in [-0.1, -0.05) is 38.1 Å². The summed E-state index contributed by atoms with van der Waals surface area (Å²) in [5.41, 5.74) is 8.12. The minimum atomic E-state index is 0.197. The first-order valence-corrected chi connectivity index (χ1v) is 7.36. The van der Waals surface area contributed by atoms with Crippen LogP contribution in [0, 0.1) is 5.41 Å². The fraction of sp³-hybridized carbons (Fsp3) is 0.588. The van der Waals surface area contributed by atoms with Gasteiger partial charge in [0.1, 0.15) is 0 Å². The Kier molecular flexibility index (Phi) is 4.41. The summed E-state index contributed by atoms with van der Waals surface area (Å²) >= 11 is 0. The molecule has 104 valence electrons. The number of hydrogen-bond acceptors (Lipinski definition) is 2. The van der Waals surface area contributed by atoms with Crippen molar-refractivity contribution in [2.45, 2.75) is 51.9 Å². The van der Waals surface area contributed by atoms with Crippen molar-refractivity contribution < 1.29 is 4.79 Å². The van der Waals surface area contributed by atoms with Crippen LogP contribution in [-0.4, -0.2) is 12.3 Å². The Morgan fingerprint density at radius 2 is 1.89 bits per heavy atom. The lowest BCUT2D eigenvalue weighted by Crippen LogP contribution is -2.21. The van der Waals surface area contributed by atoms with Crippen LogP contribution in [0.4, 0.5) is 0 Å². The van der Waals surface area contributed by atoms with E-state index in [1.165, 1.54) is 31.2 Å². The molecule has 0 unspecified atom stereocenters. The molecule has 0 atom stereocenters. The van der Waals surface area contributed by atoms with E-state index in [0.717, 1.165) is 5.56 Å². The Bertz CT molecular complexity index is 440. The molecule has 1 saturated carbocycles. The van der Waals surface area contributed by atoms with Gasteiger partial charge in [0.25, 0.3) is 0 Å². The summed E-state index contributed by atoms with van der Waals surface area (Å²) in [7, 11) is 0. The third-order valence-corrected chi connectivity index (χ3v) is 4.41. The minimum Gasteiger partial charge on any atom is -0.330 e. The summed E-state index contributed by atoms with van der Waals surface area (Å²) in [4.78, 5) is 12.2. The van der Waals surface area contributed by atoms with Gasteiger partial charge in [0.2, 0.25) is 0 Å². The lowest BCUT2D eigenvalue weighted by molar-refractivity contribution is 0.0983. The van der Waals surface area contributed by atoms with Crippen molar-refractivity contribution in [3.8, 4) is 0 Å². The Balaban J connectivity index is 2.19. The molecule has 19 heavy (non-hydrogen) atoms. The van der Waals surface area contributed by atoms with Crippen molar-refractivity contribution in [2.24, 2.45) is 11.1 Å². The van der Waals surface area contributed by atoms with Gasteiger partial charge in [-0.25, -0.2) is 0 Å². The first-order valence-electron chi connectivity index (χ1n) is 7.36. The number of nitrogens with two attached hydrogens (primary N) is 1. The molecule has 1 aliphatic carbocycles. The number of hydrogen-bond donors (Lipinski definition) is 1. The highest BCUT2D eigenvalue weighted by molar-refractivity contribution is 5.97. The zero-order valence-corrected chi connectivity index (χ0v) is 12.1. The maximum atomic E-state index is 12.2. The van der Waals surface area contributed by atoms with Gasteiger partial charge >= 0.3 is 0 Å². The summed E-state index contributed by atoms with van der Waals surface area (Å²) in [5.74, 6) is 0.744. The van der Waals surface area contributed by atoms with E-state index in [9.17, 15) is 4.79 Å². The van der Waals surface area contributed by atoms with E-state index in [1.54, 1.807) is 0 Å². The molecule has 0 saturated heterocycles. The Morgan fingerprint density at radius 3 is 2.53 bits per heavy atom. The molecule has 0 spiro atoms. The summed E-state index contributed by atoms with van der Waals surface area (Å²) in [5, 5.41) is 0. The number of benzene rings is 1. The van der Waals surface area contributed by atoms with E-state index >= 15 is 0 Å². The van der Waals surface area contributed by atoms with Crippen LogP contribution >= 0.6 is 0 Å². The van der Waals surface area contributed by atoms with Crippen LogP contribution in [0.15, 0.2) is 24.3 Å². The second-order valence-corrected chi connectivity index (χ2v) is 6.49. The third-order valence-electron chi connectivity index (χ3n) is 4.41. The second-order valence-electron chi connectivity index (χ2n) is 6.49. The van der Waals surface area contributed by atoms with Crippen LogP contribution in [-0.2, 0) is 0 Å². The molecule has 0 radical (unpaired) electrons. The monoisotopic (exact) mass is 259 g/mol. The molecule has 2 heteroatoms. The van der Waals surface area contributed by atoms with Crippen molar-refractivity contribution in [3.63, 3.8) is 0 Å². The molecule has 0 bridgehead atoms. The van der Waals surface area contributed by atoms with Crippen LogP contribution < -0.4 is 5.73 Å². The van der Waals surface area contributed by atoms with Gasteiger partial charge in [0, 0.05) is 12.0 Å². The number of Topliss-reactive ketones (excluding diaryl/α,β-unsaturated/α-hetero) is 1. The highest BCUT2D eigenvalue weighted by Crippen LogP contribution is 2.43. The molecule has 2 rings (SSSR count). The Hall–Kier alpha value is -1.15. The number of ketones is 1. The van der Waals surface area contributed by atoms with Crippen molar-refractivity contribution in [2.75, 3.05) is 6.54 Å². The van der Waals surface area contributed by atoms with E-state index in [1.807, 2.05) is 18.2 Å². The van der Waals surface area contributed by atoms with Gasteiger partial charge in [-0.3, -0.25) is 4.79 Å². The molecular weight excluding hydrogens is 234 g/mol. The summed E-state index contributed by atoms with van der Waals surface area (Å²) < 4.78 is 0. The molecule has 0 aliphatic heterocycles. The normalized spacial score (nSPS) is 19.3. The van der Waals surface area contributed by atoms with Crippen LogP contribution in [0.3, 0.4) is 0 Å². The second kappa shape index (κ2) is 5.87. The average molecular weight is 259 g/mol. The molecular formula is C17H25NO. The highest BCUT2D eigenvalue weighted by atomic mass is 16.1. The lowest BCUT2D eigenvalue weighted by Gasteiger charge is -2.35. The number of rotatable bonds is 4. The molecule has 1 aromatic rings. The summed E-state index contributed by atoms with van der Waals surface area (Å²) in [6.45, 7) is 5.12. The molecule has 1 fully saturated rings. The molecule has 0 aromatic heterocycles. The SMILES string of the molecule is CC1(C)CCC(c2ccccc2C(=O)CCN)CC1.